The molecule has 0 radical (unpaired) electrons. The first-order chi connectivity index (χ1) is 10.8. The van der Waals surface area contributed by atoms with Crippen molar-refractivity contribution in [3.05, 3.63) is 84.9 Å². The van der Waals surface area contributed by atoms with E-state index in [-0.39, 0.29) is 5.75 Å². The lowest BCUT2D eigenvalue weighted by atomic mass is 10.2. The van der Waals surface area contributed by atoms with E-state index in [4.69, 9.17) is 0 Å². The number of hydrogen-bond acceptors (Lipinski definition) is 3. The van der Waals surface area contributed by atoms with E-state index in [9.17, 15) is 5.11 Å². The third kappa shape index (κ3) is 3.30. The molecule has 0 fully saturated rings. The predicted molar refractivity (Wildman–Crippen MR) is 87.6 cm³/mol. The lowest BCUT2D eigenvalue weighted by Gasteiger charge is -2.17. The molecule has 0 spiro atoms. The zero-order valence-corrected chi connectivity index (χ0v) is 11.9. The van der Waals surface area contributed by atoms with E-state index in [1.165, 1.54) is 0 Å². The molecule has 0 atom stereocenters. The van der Waals surface area contributed by atoms with Crippen LogP contribution in [0.4, 0.5) is 17.1 Å². The number of benzene rings is 3. The number of aromatic hydroxyl groups is 1. The minimum absolute atomic E-state index is 0.210. The van der Waals surface area contributed by atoms with Gasteiger partial charge in [-0.1, -0.05) is 41.6 Å². The molecule has 4 heteroatoms. The first-order valence-electron chi connectivity index (χ1n) is 6.94. The Kier molecular flexibility index (Phi) is 4.11. The number of rotatable bonds is 4. The number of phenolic OH excluding ortho intramolecular Hbond substituents is 1. The van der Waals surface area contributed by atoms with Gasteiger partial charge in [-0.15, -0.1) is 5.11 Å². The Bertz CT molecular complexity index is 701. The quantitative estimate of drug-likeness (QED) is 0.528. The van der Waals surface area contributed by atoms with Crippen molar-refractivity contribution >= 4 is 17.1 Å². The van der Waals surface area contributed by atoms with Crippen LogP contribution < -0.4 is 5.01 Å². The summed E-state index contributed by atoms with van der Waals surface area (Å²) in [6, 6.07) is 26.3. The maximum absolute atomic E-state index is 9.31. The average molecular weight is 289 g/mol. The van der Waals surface area contributed by atoms with Gasteiger partial charge in [0.25, 0.3) is 0 Å². The maximum atomic E-state index is 9.31. The van der Waals surface area contributed by atoms with Crippen LogP contribution in [0.15, 0.2) is 95.3 Å². The van der Waals surface area contributed by atoms with Crippen molar-refractivity contribution < 1.29 is 5.11 Å². The van der Waals surface area contributed by atoms with Crippen molar-refractivity contribution in [2.75, 3.05) is 5.01 Å². The highest BCUT2D eigenvalue weighted by atomic mass is 16.3. The standard InChI is InChI=1S/C18H15N3O/c22-18-13-11-15(12-14-18)19-20-21(16-7-3-1-4-8-16)17-9-5-2-6-10-17/h1-14,22H. The molecule has 3 aromatic rings. The summed E-state index contributed by atoms with van der Waals surface area (Å²) in [5.41, 5.74) is 2.53. The zero-order chi connectivity index (χ0) is 15.2. The molecule has 0 saturated carbocycles. The van der Waals surface area contributed by atoms with Gasteiger partial charge in [-0.3, -0.25) is 0 Å². The van der Waals surface area contributed by atoms with E-state index in [2.05, 4.69) is 10.3 Å². The SMILES string of the molecule is Oc1ccc(N=NN(c2ccccc2)c2ccccc2)cc1. The molecule has 0 aliphatic rings. The molecule has 3 rings (SSSR count). The van der Waals surface area contributed by atoms with Crippen molar-refractivity contribution in [1.82, 2.24) is 0 Å². The van der Waals surface area contributed by atoms with Crippen LogP contribution in [0.2, 0.25) is 0 Å². The van der Waals surface area contributed by atoms with E-state index in [1.54, 1.807) is 29.3 Å². The number of para-hydroxylation sites is 2. The van der Waals surface area contributed by atoms with E-state index in [0.29, 0.717) is 5.69 Å². The summed E-state index contributed by atoms with van der Waals surface area (Å²) in [7, 11) is 0. The third-order valence-electron chi connectivity index (χ3n) is 3.10. The Hall–Kier alpha value is -3.14. The van der Waals surface area contributed by atoms with Gasteiger partial charge in [0.05, 0.1) is 17.1 Å². The molecule has 1 N–H and O–H groups in total. The molecular formula is C18H15N3O. The van der Waals surface area contributed by atoms with Crippen molar-refractivity contribution in [2.45, 2.75) is 0 Å². The minimum atomic E-state index is 0.210. The molecule has 108 valence electrons. The molecule has 0 aliphatic heterocycles. The summed E-state index contributed by atoms with van der Waals surface area (Å²) < 4.78 is 0. The normalized spacial score (nSPS) is 10.7. The average Bonchev–Trinajstić information content (AvgIpc) is 2.59. The summed E-state index contributed by atoms with van der Waals surface area (Å²) in [5, 5.41) is 19.7. The molecule has 0 aliphatic carbocycles. The minimum Gasteiger partial charge on any atom is -0.508 e. The summed E-state index contributed by atoms with van der Waals surface area (Å²) in [4.78, 5) is 0. The topological polar surface area (TPSA) is 48.2 Å². The van der Waals surface area contributed by atoms with Crippen LogP contribution in [0.25, 0.3) is 0 Å². The molecule has 0 saturated heterocycles. The summed E-state index contributed by atoms with van der Waals surface area (Å²) in [6.45, 7) is 0. The van der Waals surface area contributed by atoms with Gasteiger partial charge in [0.1, 0.15) is 5.75 Å². The first kappa shape index (κ1) is 13.8. The Morgan fingerprint density at radius 3 is 1.64 bits per heavy atom. The smallest absolute Gasteiger partial charge is 0.115 e. The van der Waals surface area contributed by atoms with Crippen molar-refractivity contribution in [1.29, 1.82) is 0 Å². The third-order valence-corrected chi connectivity index (χ3v) is 3.10. The van der Waals surface area contributed by atoms with Crippen LogP contribution in [0, 0.1) is 0 Å². The summed E-state index contributed by atoms with van der Waals surface area (Å²) >= 11 is 0. The van der Waals surface area contributed by atoms with Crippen LogP contribution in [0.3, 0.4) is 0 Å². The van der Waals surface area contributed by atoms with Gasteiger partial charge in [-0.05, 0) is 48.5 Å². The Labute approximate surface area is 129 Å². The molecule has 0 aromatic heterocycles. The number of hydrogen-bond donors (Lipinski definition) is 1. The highest BCUT2D eigenvalue weighted by molar-refractivity contribution is 5.61. The molecular weight excluding hydrogens is 274 g/mol. The summed E-state index contributed by atoms with van der Waals surface area (Å²) in [5.74, 6) is 0.210. The Morgan fingerprint density at radius 2 is 1.14 bits per heavy atom. The zero-order valence-electron chi connectivity index (χ0n) is 11.9. The highest BCUT2D eigenvalue weighted by Crippen LogP contribution is 2.27. The first-order valence-corrected chi connectivity index (χ1v) is 6.94. The second kappa shape index (κ2) is 6.54. The van der Waals surface area contributed by atoms with Crippen LogP contribution >= 0.6 is 0 Å². The van der Waals surface area contributed by atoms with Gasteiger partial charge in [0.15, 0.2) is 0 Å². The van der Waals surface area contributed by atoms with Crippen LogP contribution in [0.5, 0.6) is 5.75 Å². The second-order valence-electron chi connectivity index (χ2n) is 4.69. The highest BCUT2D eigenvalue weighted by Gasteiger charge is 2.07. The maximum Gasteiger partial charge on any atom is 0.115 e. The van der Waals surface area contributed by atoms with Crippen molar-refractivity contribution in [2.24, 2.45) is 10.3 Å². The Morgan fingerprint density at radius 1 is 0.636 bits per heavy atom. The molecule has 4 nitrogen and oxygen atoms in total. The van der Waals surface area contributed by atoms with Gasteiger partial charge >= 0.3 is 0 Å². The van der Waals surface area contributed by atoms with Crippen LogP contribution in [-0.4, -0.2) is 5.11 Å². The van der Waals surface area contributed by atoms with Crippen LogP contribution in [0.1, 0.15) is 0 Å². The van der Waals surface area contributed by atoms with Crippen molar-refractivity contribution in [3.63, 3.8) is 0 Å². The number of nitrogens with zero attached hydrogens (tertiary/aromatic N) is 3. The van der Waals surface area contributed by atoms with E-state index in [1.807, 2.05) is 60.7 Å². The van der Waals surface area contributed by atoms with Gasteiger partial charge < -0.3 is 5.11 Å². The summed E-state index contributed by atoms with van der Waals surface area (Å²) in [6.07, 6.45) is 0. The Balaban J connectivity index is 1.94. The van der Waals surface area contributed by atoms with E-state index in [0.717, 1.165) is 11.4 Å². The van der Waals surface area contributed by atoms with Crippen molar-refractivity contribution in [3.8, 4) is 5.75 Å². The molecule has 0 bridgehead atoms. The largest absolute Gasteiger partial charge is 0.508 e. The van der Waals surface area contributed by atoms with Gasteiger partial charge in [0.2, 0.25) is 0 Å². The molecule has 22 heavy (non-hydrogen) atoms. The van der Waals surface area contributed by atoms with Gasteiger partial charge in [-0.2, -0.15) is 0 Å². The van der Waals surface area contributed by atoms with E-state index >= 15 is 0 Å². The fourth-order valence-electron chi connectivity index (χ4n) is 2.01. The molecule has 0 unspecified atom stereocenters. The fourth-order valence-corrected chi connectivity index (χ4v) is 2.01. The van der Waals surface area contributed by atoms with Crippen LogP contribution in [-0.2, 0) is 0 Å². The predicted octanol–water partition coefficient (Wildman–Crippen LogP) is 5.23. The van der Waals surface area contributed by atoms with Gasteiger partial charge in [0, 0.05) is 0 Å². The second-order valence-corrected chi connectivity index (χ2v) is 4.69. The number of anilines is 2. The molecule has 0 amide bonds. The van der Waals surface area contributed by atoms with Gasteiger partial charge in [-0.25, -0.2) is 5.01 Å². The lowest BCUT2D eigenvalue weighted by Crippen LogP contribution is -2.07. The monoisotopic (exact) mass is 289 g/mol. The molecule has 0 heterocycles. The lowest BCUT2D eigenvalue weighted by molar-refractivity contribution is 0.475. The number of phenols is 1. The van der Waals surface area contributed by atoms with E-state index < -0.39 is 0 Å². The molecule has 3 aromatic carbocycles. The fraction of sp³-hybridized carbons (Fsp3) is 0.